The Morgan fingerprint density at radius 2 is 1.74 bits per heavy atom. The first-order valence-electron chi connectivity index (χ1n) is 6.70. The molecule has 0 saturated carbocycles. The van der Waals surface area contributed by atoms with Gasteiger partial charge in [0.25, 0.3) is 0 Å². The zero-order valence-electron chi connectivity index (χ0n) is 11.9. The lowest BCUT2D eigenvalue weighted by atomic mass is 9.87. The van der Waals surface area contributed by atoms with Crippen LogP contribution in [-0.4, -0.2) is 41.7 Å². The summed E-state index contributed by atoms with van der Waals surface area (Å²) in [6, 6.07) is 6.11. The Bertz CT molecular complexity index is 457. The Hall–Kier alpha value is -1.55. The van der Waals surface area contributed by atoms with E-state index in [0.717, 1.165) is 29.9 Å². The number of aliphatic carboxylic acids is 1. The maximum atomic E-state index is 11.7. The number of carboxylic acid groups (broad SMARTS) is 1. The van der Waals surface area contributed by atoms with E-state index in [4.69, 9.17) is 0 Å². The Kier molecular flexibility index (Phi) is 3.80. The van der Waals surface area contributed by atoms with Crippen LogP contribution in [0, 0.1) is 13.8 Å². The summed E-state index contributed by atoms with van der Waals surface area (Å²) in [6.07, 6.45) is 1.26. The summed E-state index contributed by atoms with van der Waals surface area (Å²) in [7, 11) is 2.03. The molecule has 2 N–H and O–H groups in total. The third-order valence-electron chi connectivity index (χ3n) is 3.86. The van der Waals surface area contributed by atoms with Crippen molar-refractivity contribution in [1.29, 1.82) is 0 Å². The number of hydrogen-bond donors (Lipinski definition) is 2. The topological polar surface area (TPSA) is 52.6 Å². The van der Waals surface area contributed by atoms with E-state index >= 15 is 0 Å². The fourth-order valence-electron chi connectivity index (χ4n) is 2.72. The van der Waals surface area contributed by atoms with Crippen LogP contribution in [0.1, 0.15) is 24.0 Å². The number of nitrogens with zero attached hydrogens (tertiary/aromatic N) is 1. The van der Waals surface area contributed by atoms with Gasteiger partial charge in [0.2, 0.25) is 0 Å². The molecule has 0 amide bonds. The van der Waals surface area contributed by atoms with E-state index in [9.17, 15) is 9.90 Å². The smallest absolute Gasteiger partial charge is 0.329 e. The van der Waals surface area contributed by atoms with E-state index in [-0.39, 0.29) is 0 Å². The van der Waals surface area contributed by atoms with Crippen molar-refractivity contribution in [1.82, 2.24) is 4.90 Å². The van der Waals surface area contributed by atoms with Crippen LogP contribution < -0.4 is 5.32 Å². The summed E-state index contributed by atoms with van der Waals surface area (Å²) < 4.78 is 0. The fourth-order valence-corrected chi connectivity index (χ4v) is 2.72. The minimum atomic E-state index is -0.827. The van der Waals surface area contributed by atoms with Crippen LogP contribution in [0.5, 0.6) is 0 Å². The predicted molar refractivity (Wildman–Crippen MR) is 76.6 cm³/mol. The molecule has 4 heteroatoms. The normalized spacial score (nSPS) is 19.1. The number of carboxylic acids is 1. The molecule has 0 spiro atoms. The molecule has 2 rings (SSSR count). The minimum absolute atomic E-state index is 0.631. The maximum Gasteiger partial charge on any atom is 0.329 e. The average Bonchev–Trinajstić information content (AvgIpc) is 2.31. The summed E-state index contributed by atoms with van der Waals surface area (Å²) in [5.41, 5.74) is 2.38. The molecule has 1 saturated heterocycles. The molecule has 0 aromatic heterocycles. The van der Waals surface area contributed by atoms with Gasteiger partial charge in [0, 0.05) is 18.8 Å². The standard InChI is InChI=1S/C15H22N2O2/c1-11-8-12(2)10-13(9-11)16-15(14(18)19)4-6-17(3)7-5-15/h8-10,16H,4-7H2,1-3H3,(H,18,19). The van der Waals surface area contributed by atoms with Crippen LogP contribution in [0.15, 0.2) is 18.2 Å². The zero-order valence-corrected chi connectivity index (χ0v) is 11.9. The lowest BCUT2D eigenvalue weighted by Crippen LogP contribution is -2.53. The molecule has 1 aromatic rings. The Labute approximate surface area is 114 Å². The molecule has 1 aromatic carbocycles. The molecule has 0 radical (unpaired) electrons. The molecule has 1 aliphatic heterocycles. The van der Waals surface area contributed by atoms with Crippen LogP contribution >= 0.6 is 0 Å². The van der Waals surface area contributed by atoms with Crippen molar-refractivity contribution in [2.24, 2.45) is 0 Å². The van der Waals surface area contributed by atoms with Crippen LogP contribution in [0.2, 0.25) is 0 Å². The van der Waals surface area contributed by atoms with Crippen molar-refractivity contribution in [3.63, 3.8) is 0 Å². The molecule has 0 unspecified atom stereocenters. The summed E-state index contributed by atoms with van der Waals surface area (Å²) in [5.74, 6) is -0.750. The van der Waals surface area contributed by atoms with Crippen LogP contribution in [0.25, 0.3) is 0 Å². The number of carbonyl (C=O) groups is 1. The van der Waals surface area contributed by atoms with Crippen LogP contribution in [-0.2, 0) is 4.79 Å². The maximum absolute atomic E-state index is 11.7. The quantitative estimate of drug-likeness (QED) is 0.877. The molecule has 4 nitrogen and oxygen atoms in total. The largest absolute Gasteiger partial charge is 0.480 e. The molecule has 19 heavy (non-hydrogen) atoms. The van der Waals surface area contributed by atoms with Crippen molar-refractivity contribution in [2.45, 2.75) is 32.2 Å². The number of benzene rings is 1. The third-order valence-corrected chi connectivity index (χ3v) is 3.86. The Morgan fingerprint density at radius 1 is 1.21 bits per heavy atom. The van der Waals surface area contributed by atoms with Crippen molar-refractivity contribution in [3.05, 3.63) is 29.3 Å². The monoisotopic (exact) mass is 262 g/mol. The lowest BCUT2D eigenvalue weighted by Gasteiger charge is -2.38. The van der Waals surface area contributed by atoms with E-state index in [2.05, 4.69) is 16.3 Å². The molecule has 0 aliphatic carbocycles. The molecule has 1 fully saturated rings. The number of piperidine rings is 1. The summed E-state index contributed by atoms with van der Waals surface area (Å²) in [5, 5.41) is 12.9. The molecular formula is C15H22N2O2. The predicted octanol–water partition coefficient (Wildman–Crippen LogP) is 2.26. The first-order valence-corrected chi connectivity index (χ1v) is 6.70. The van der Waals surface area contributed by atoms with Crippen molar-refractivity contribution < 1.29 is 9.90 Å². The summed E-state index contributed by atoms with van der Waals surface area (Å²) in [4.78, 5) is 13.8. The van der Waals surface area contributed by atoms with Gasteiger partial charge in [-0.3, -0.25) is 0 Å². The highest BCUT2D eigenvalue weighted by Gasteiger charge is 2.40. The van der Waals surface area contributed by atoms with E-state index in [0.29, 0.717) is 12.8 Å². The molecule has 0 atom stereocenters. The summed E-state index contributed by atoms with van der Waals surface area (Å²) in [6.45, 7) is 5.68. The second kappa shape index (κ2) is 5.21. The van der Waals surface area contributed by atoms with E-state index < -0.39 is 11.5 Å². The van der Waals surface area contributed by atoms with Gasteiger partial charge in [0.15, 0.2) is 0 Å². The van der Waals surface area contributed by atoms with Gasteiger partial charge in [0.1, 0.15) is 5.54 Å². The molecule has 0 bridgehead atoms. The van der Waals surface area contributed by atoms with E-state index in [1.54, 1.807) is 0 Å². The number of rotatable bonds is 3. The number of anilines is 1. The highest BCUT2D eigenvalue weighted by Crippen LogP contribution is 2.28. The zero-order chi connectivity index (χ0) is 14.0. The number of hydrogen-bond acceptors (Lipinski definition) is 3. The van der Waals surface area contributed by atoms with Gasteiger partial charge in [0.05, 0.1) is 0 Å². The first-order chi connectivity index (χ1) is 8.91. The van der Waals surface area contributed by atoms with Crippen molar-refractivity contribution in [2.75, 3.05) is 25.5 Å². The van der Waals surface area contributed by atoms with Crippen molar-refractivity contribution >= 4 is 11.7 Å². The number of aryl methyl sites for hydroxylation is 2. The third kappa shape index (κ3) is 3.07. The molecular weight excluding hydrogens is 240 g/mol. The number of nitrogens with one attached hydrogen (secondary N) is 1. The van der Waals surface area contributed by atoms with E-state index in [1.807, 2.05) is 33.0 Å². The summed E-state index contributed by atoms with van der Waals surface area (Å²) >= 11 is 0. The minimum Gasteiger partial charge on any atom is -0.480 e. The number of likely N-dealkylation sites (tertiary alicyclic amines) is 1. The fraction of sp³-hybridized carbons (Fsp3) is 0.533. The highest BCUT2D eigenvalue weighted by atomic mass is 16.4. The van der Waals surface area contributed by atoms with E-state index in [1.165, 1.54) is 0 Å². The van der Waals surface area contributed by atoms with Gasteiger partial charge in [-0.15, -0.1) is 0 Å². The lowest BCUT2D eigenvalue weighted by molar-refractivity contribution is -0.143. The highest BCUT2D eigenvalue weighted by molar-refractivity contribution is 5.83. The van der Waals surface area contributed by atoms with Gasteiger partial charge >= 0.3 is 5.97 Å². The first kappa shape index (κ1) is 13.9. The Balaban J connectivity index is 2.24. The Morgan fingerprint density at radius 3 is 2.21 bits per heavy atom. The van der Waals surface area contributed by atoms with Crippen LogP contribution in [0.3, 0.4) is 0 Å². The second-order valence-corrected chi connectivity index (χ2v) is 5.69. The van der Waals surface area contributed by atoms with Crippen LogP contribution in [0.4, 0.5) is 5.69 Å². The van der Waals surface area contributed by atoms with Gasteiger partial charge in [-0.1, -0.05) is 6.07 Å². The molecule has 1 aliphatic rings. The molecule has 1 heterocycles. The van der Waals surface area contributed by atoms with Crippen molar-refractivity contribution in [3.8, 4) is 0 Å². The molecule has 104 valence electrons. The average molecular weight is 262 g/mol. The SMILES string of the molecule is Cc1cc(C)cc(NC2(C(=O)O)CCN(C)CC2)c1. The van der Waals surface area contributed by atoms with Gasteiger partial charge in [-0.25, -0.2) is 4.79 Å². The van der Waals surface area contributed by atoms with Gasteiger partial charge in [-0.05, 0) is 57.0 Å². The van der Waals surface area contributed by atoms with Gasteiger partial charge in [-0.2, -0.15) is 0 Å². The second-order valence-electron chi connectivity index (χ2n) is 5.69. The van der Waals surface area contributed by atoms with Gasteiger partial charge < -0.3 is 15.3 Å².